The molecule has 0 aliphatic carbocycles. The van der Waals surface area contributed by atoms with Gasteiger partial charge in [0.1, 0.15) is 5.82 Å². The largest absolute Gasteiger partial charge is 0.339 e. The Morgan fingerprint density at radius 1 is 1.10 bits per heavy atom. The highest BCUT2D eigenvalue weighted by Gasteiger charge is 2.12. The predicted molar refractivity (Wildman–Crippen MR) is 109 cm³/mol. The predicted octanol–water partition coefficient (Wildman–Crippen LogP) is 3.86. The van der Waals surface area contributed by atoms with Gasteiger partial charge in [-0.2, -0.15) is 4.98 Å². The van der Waals surface area contributed by atoms with Crippen molar-refractivity contribution in [2.24, 2.45) is 0 Å². The van der Waals surface area contributed by atoms with E-state index in [4.69, 9.17) is 4.52 Å². The maximum absolute atomic E-state index is 13.0. The van der Waals surface area contributed by atoms with Gasteiger partial charge in [0, 0.05) is 24.1 Å². The molecule has 0 aliphatic heterocycles. The lowest BCUT2D eigenvalue weighted by atomic mass is 10.2. The van der Waals surface area contributed by atoms with Crippen LogP contribution in [0.1, 0.15) is 18.1 Å². The van der Waals surface area contributed by atoms with Crippen LogP contribution < -0.4 is 5.32 Å². The van der Waals surface area contributed by atoms with Gasteiger partial charge in [0.15, 0.2) is 11.6 Å². The normalized spacial score (nSPS) is 10.8. The second kappa shape index (κ2) is 9.31. The zero-order chi connectivity index (χ0) is 20.8. The van der Waals surface area contributed by atoms with E-state index in [1.807, 2.05) is 30.3 Å². The van der Waals surface area contributed by atoms with Crippen molar-refractivity contribution >= 4 is 23.4 Å². The number of anilines is 1. The van der Waals surface area contributed by atoms with Crippen LogP contribution >= 0.6 is 11.8 Å². The van der Waals surface area contributed by atoms with E-state index >= 15 is 0 Å². The standard InChI is InChI=1S/C20H17FN6O2S/c21-14-8-6-13(7-9-14)19-24-20(26-25-19)30-12-16-23-18(29-27-16)11-10-17(28)22-15-4-2-1-3-5-15/h1-9H,10-12H2,(H,22,28)(H,24,25,26). The molecule has 0 bridgehead atoms. The van der Waals surface area contributed by atoms with E-state index in [0.29, 0.717) is 34.9 Å². The molecular formula is C20H17FN6O2S. The average Bonchev–Trinajstić information content (AvgIpc) is 3.42. The number of carbonyl (C=O) groups excluding carboxylic acids is 1. The molecule has 0 unspecified atom stereocenters. The summed E-state index contributed by atoms with van der Waals surface area (Å²) in [5.74, 6) is 1.43. The van der Waals surface area contributed by atoms with Crippen LogP contribution in [0, 0.1) is 5.82 Å². The van der Waals surface area contributed by atoms with Gasteiger partial charge >= 0.3 is 0 Å². The first kappa shape index (κ1) is 19.8. The summed E-state index contributed by atoms with van der Waals surface area (Å²) in [5.41, 5.74) is 1.49. The van der Waals surface area contributed by atoms with Crippen molar-refractivity contribution in [1.29, 1.82) is 0 Å². The number of aryl methyl sites for hydroxylation is 1. The van der Waals surface area contributed by atoms with Crippen LogP contribution in [0.4, 0.5) is 10.1 Å². The molecule has 0 atom stereocenters. The minimum atomic E-state index is -0.307. The summed E-state index contributed by atoms with van der Waals surface area (Å²) in [6.45, 7) is 0. The molecule has 4 aromatic rings. The molecule has 2 N–H and O–H groups in total. The minimum Gasteiger partial charge on any atom is -0.339 e. The molecule has 2 heterocycles. The second-order valence-corrected chi connectivity index (χ2v) is 7.22. The Kier molecular flexibility index (Phi) is 6.14. The quantitative estimate of drug-likeness (QED) is 0.413. The molecule has 10 heteroatoms. The summed E-state index contributed by atoms with van der Waals surface area (Å²) in [4.78, 5) is 20.7. The highest BCUT2D eigenvalue weighted by molar-refractivity contribution is 7.98. The molecule has 2 aromatic heterocycles. The van der Waals surface area contributed by atoms with Gasteiger partial charge in [0.05, 0.1) is 5.75 Å². The number of hydrogen-bond acceptors (Lipinski definition) is 7. The van der Waals surface area contributed by atoms with E-state index in [2.05, 4.69) is 30.6 Å². The number of rotatable bonds is 8. The summed E-state index contributed by atoms with van der Waals surface area (Å²) in [6, 6.07) is 15.2. The van der Waals surface area contributed by atoms with Gasteiger partial charge in [-0.3, -0.25) is 9.89 Å². The number of thioether (sulfide) groups is 1. The number of nitrogens with one attached hydrogen (secondary N) is 2. The lowest BCUT2D eigenvalue weighted by Gasteiger charge is -2.02. The van der Waals surface area contributed by atoms with Crippen LogP contribution in [0.2, 0.25) is 0 Å². The van der Waals surface area contributed by atoms with Crippen molar-refractivity contribution in [2.75, 3.05) is 5.32 Å². The number of aromatic nitrogens is 5. The molecule has 30 heavy (non-hydrogen) atoms. The summed E-state index contributed by atoms with van der Waals surface area (Å²) < 4.78 is 18.2. The molecule has 0 fully saturated rings. The summed E-state index contributed by atoms with van der Waals surface area (Å²) in [5, 5.41) is 14.2. The first-order valence-electron chi connectivity index (χ1n) is 9.13. The van der Waals surface area contributed by atoms with Crippen LogP contribution in [0.3, 0.4) is 0 Å². The van der Waals surface area contributed by atoms with Crippen LogP contribution in [0.25, 0.3) is 11.4 Å². The van der Waals surface area contributed by atoms with E-state index < -0.39 is 0 Å². The van der Waals surface area contributed by atoms with E-state index in [-0.39, 0.29) is 18.1 Å². The Morgan fingerprint density at radius 2 is 1.90 bits per heavy atom. The summed E-state index contributed by atoms with van der Waals surface area (Å²) >= 11 is 1.34. The lowest BCUT2D eigenvalue weighted by Crippen LogP contribution is -2.12. The molecule has 8 nitrogen and oxygen atoms in total. The van der Waals surface area contributed by atoms with Crippen molar-refractivity contribution < 1.29 is 13.7 Å². The van der Waals surface area contributed by atoms with Crippen molar-refractivity contribution in [3.63, 3.8) is 0 Å². The van der Waals surface area contributed by atoms with Crippen molar-refractivity contribution in [3.05, 3.63) is 72.1 Å². The van der Waals surface area contributed by atoms with Crippen LogP contribution in [-0.2, 0) is 17.0 Å². The highest BCUT2D eigenvalue weighted by Crippen LogP contribution is 2.21. The van der Waals surface area contributed by atoms with Gasteiger partial charge in [0.2, 0.25) is 17.0 Å². The lowest BCUT2D eigenvalue weighted by molar-refractivity contribution is -0.116. The van der Waals surface area contributed by atoms with Crippen molar-refractivity contribution in [1.82, 2.24) is 25.3 Å². The van der Waals surface area contributed by atoms with E-state index in [1.165, 1.54) is 23.9 Å². The fourth-order valence-corrected chi connectivity index (χ4v) is 3.23. The number of aromatic amines is 1. The summed E-state index contributed by atoms with van der Waals surface area (Å²) in [6.07, 6.45) is 0.595. The molecule has 2 aromatic carbocycles. The highest BCUT2D eigenvalue weighted by atomic mass is 32.2. The number of H-pyrrole nitrogens is 1. The third kappa shape index (κ3) is 5.29. The van der Waals surface area contributed by atoms with Gasteiger partial charge in [-0.25, -0.2) is 9.37 Å². The van der Waals surface area contributed by atoms with Gasteiger partial charge in [0.25, 0.3) is 0 Å². The molecule has 1 amide bonds. The van der Waals surface area contributed by atoms with Gasteiger partial charge in [-0.1, -0.05) is 35.1 Å². The van der Waals surface area contributed by atoms with Crippen LogP contribution in [0.15, 0.2) is 64.3 Å². The number of amides is 1. The maximum atomic E-state index is 13.0. The first-order valence-corrected chi connectivity index (χ1v) is 10.1. The number of nitrogens with zero attached hydrogens (tertiary/aromatic N) is 4. The van der Waals surface area contributed by atoms with Crippen molar-refractivity contribution in [3.8, 4) is 11.4 Å². The Morgan fingerprint density at radius 3 is 2.70 bits per heavy atom. The molecule has 152 valence electrons. The molecule has 0 saturated carbocycles. The fourth-order valence-electron chi connectivity index (χ4n) is 2.59. The third-order valence-corrected chi connectivity index (χ3v) is 4.89. The summed E-state index contributed by atoms with van der Waals surface area (Å²) in [7, 11) is 0. The zero-order valence-corrected chi connectivity index (χ0v) is 16.5. The fraction of sp³-hybridized carbons (Fsp3) is 0.150. The van der Waals surface area contributed by atoms with Crippen LogP contribution in [0.5, 0.6) is 0 Å². The minimum absolute atomic E-state index is 0.121. The molecule has 0 spiro atoms. The van der Waals surface area contributed by atoms with Crippen molar-refractivity contribution in [2.45, 2.75) is 23.8 Å². The van der Waals surface area contributed by atoms with Crippen LogP contribution in [-0.4, -0.2) is 31.2 Å². The second-order valence-electron chi connectivity index (χ2n) is 6.28. The molecular weight excluding hydrogens is 407 g/mol. The Hall–Kier alpha value is -3.53. The van der Waals surface area contributed by atoms with Gasteiger partial charge in [-0.05, 0) is 36.4 Å². The number of benzene rings is 2. The first-order chi connectivity index (χ1) is 14.7. The number of para-hydroxylation sites is 1. The monoisotopic (exact) mass is 424 g/mol. The molecule has 4 rings (SSSR count). The average molecular weight is 424 g/mol. The van der Waals surface area contributed by atoms with E-state index in [9.17, 15) is 9.18 Å². The smallest absolute Gasteiger partial charge is 0.227 e. The Bertz CT molecular complexity index is 1110. The van der Waals surface area contributed by atoms with E-state index in [0.717, 1.165) is 11.3 Å². The number of halogens is 1. The van der Waals surface area contributed by atoms with Gasteiger partial charge < -0.3 is 9.84 Å². The van der Waals surface area contributed by atoms with Gasteiger partial charge in [-0.15, -0.1) is 5.10 Å². The molecule has 0 radical (unpaired) electrons. The maximum Gasteiger partial charge on any atom is 0.227 e. The SMILES string of the molecule is O=C(CCc1nc(CSc2n[nH]c(-c3ccc(F)cc3)n2)no1)Nc1ccccc1. The van der Waals surface area contributed by atoms with E-state index in [1.54, 1.807) is 12.1 Å². The number of hydrogen-bond donors (Lipinski definition) is 2. The molecule has 0 saturated heterocycles. The molecule has 0 aliphatic rings. The Labute approximate surface area is 175 Å². The number of carbonyl (C=O) groups is 1. The topological polar surface area (TPSA) is 110 Å². The third-order valence-electron chi connectivity index (χ3n) is 4.05. The zero-order valence-electron chi connectivity index (χ0n) is 15.7. The Balaban J connectivity index is 1.26.